The maximum atomic E-state index is 14.7. The maximum Gasteiger partial charge on any atom is 0.303 e. The number of nitrogens with one attached hydrogen (secondary N) is 1. The van der Waals surface area contributed by atoms with Crippen LogP contribution in [0.15, 0.2) is 65.6 Å². The summed E-state index contributed by atoms with van der Waals surface area (Å²) in [5.74, 6) is 0.0586. The van der Waals surface area contributed by atoms with Gasteiger partial charge in [-0.3, -0.25) is 4.79 Å². The molecule has 0 saturated heterocycles. The normalized spacial score (nSPS) is 14.4. The second-order valence-electron chi connectivity index (χ2n) is 12.4. The number of benzene rings is 3. The average molecular weight is 577 g/mol. The van der Waals surface area contributed by atoms with E-state index < -0.39 is 5.97 Å². The van der Waals surface area contributed by atoms with Gasteiger partial charge in [0.05, 0.1) is 0 Å². The first-order valence-electron chi connectivity index (χ1n) is 14.9. The number of carbonyl (C=O) groups is 1. The van der Waals surface area contributed by atoms with E-state index in [2.05, 4.69) is 80.8 Å². The molecular weight excluding hydrogens is 531 g/mol. The molecule has 1 atom stereocenters. The van der Waals surface area contributed by atoms with Gasteiger partial charge in [0.2, 0.25) is 0 Å². The lowest BCUT2D eigenvalue weighted by molar-refractivity contribution is -0.136. The summed E-state index contributed by atoms with van der Waals surface area (Å²) in [5, 5.41) is 12.9. The van der Waals surface area contributed by atoms with Crippen LogP contribution < -0.4 is 5.32 Å². The molecule has 1 aliphatic carbocycles. The molecule has 0 aliphatic heterocycles. The van der Waals surface area contributed by atoms with Crippen molar-refractivity contribution in [2.24, 2.45) is 11.8 Å². The molecule has 0 spiro atoms. The summed E-state index contributed by atoms with van der Waals surface area (Å²) in [5.41, 5.74) is 6.50. The number of aliphatic carboxylic acids is 1. The minimum absolute atomic E-state index is 0.0357. The van der Waals surface area contributed by atoms with Gasteiger partial charge in [0.25, 0.3) is 0 Å². The Morgan fingerprint density at radius 1 is 1.12 bits per heavy atom. The molecule has 0 amide bonds. The first kappa shape index (κ1) is 31.3. The van der Waals surface area contributed by atoms with Crippen LogP contribution in [0.1, 0.15) is 62.8 Å². The van der Waals surface area contributed by atoms with E-state index in [1.165, 1.54) is 46.9 Å². The highest BCUT2D eigenvalue weighted by molar-refractivity contribution is 7.97. The summed E-state index contributed by atoms with van der Waals surface area (Å²) in [6.07, 6.45) is 4.83. The molecule has 220 valence electrons. The quantitative estimate of drug-likeness (QED) is 0.192. The van der Waals surface area contributed by atoms with Gasteiger partial charge in [-0.1, -0.05) is 50.2 Å². The summed E-state index contributed by atoms with van der Waals surface area (Å²) in [6, 6.07) is 19.9. The Balaban J connectivity index is 1.30. The molecule has 1 aliphatic rings. The average Bonchev–Trinajstić information content (AvgIpc) is 3.33. The number of hydrogen-bond donors (Lipinski definition) is 2. The summed E-state index contributed by atoms with van der Waals surface area (Å²) in [4.78, 5) is 12.1. The molecule has 0 aromatic heterocycles. The fourth-order valence-corrected chi connectivity index (χ4v) is 7.17. The lowest BCUT2D eigenvalue weighted by Gasteiger charge is -2.31. The molecule has 4 nitrogen and oxygen atoms in total. The van der Waals surface area contributed by atoms with Gasteiger partial charge in [-0.05, 0) is 135 Å². The predicted octanol–water partition coefficient (Wildman–Crippen LogP) is 7.82. The fraction of sp³-hybridized carbons (Fsp3) is 0.457. The second-order valence-corrected chi connectivity index (χ2v) is 13.6. The largest absolute Gasteiger partial charge is 0.481 e. The Labute approximate surface area is 249 Å². The van der Waals surface area contributed by atoms with Crippen LogP contribution in [0.5, 0.6) is 0 Å². The number of hydrogen-bond acceptors (Lipinski definition) is 4. The van der Waals surface area contributed by atoms with Gasteiger partial charge in [0, 0.05) is 29.0 Å². The Morgan fingerprint density at radius 2 is 1.83 bits per heavy atom. The highest BCUT2D eigenvalue weighted by atomic mass is 32.2. The Kier molecular flexibility index (Phi) is 10.7. The minimum atomic E-state index is -0.848. The molecule has 6 heteroatoms. The lowest BCUT2D eigenvalue weighted by Crippen LogP contribution is -2.44. The van der Waals surface area contributed by atoms with Crippen molar-refractivity contribution < 1.29 is 14.3 Å². The lowest BCUT2D eigenvalue weighted by atomic mass is 9.88. The van der Waals surface area contributed by atoms with Crippen molar-refractivity contribution in [1.29, 1.82) is 0 Å². The van der Waals surface area contributed by atoms with Crippen molar-refractivity contribution in [3.8, 4) is 11.1 Å². The molecule has 0 heterocycles. The van der Waals surface area contributed by atoms with E-state index in [-0.39, 0.29) is 17.8 Å². The van der Waals surface area contributed by atoms with Gasteiger partial charge >= 0.3 is 5.97 Å². The van der Waals surface area contributed by atoms with Gasteiger partial charge < -0.3 is 10.4 Å². The third-order valence-electron chi connectivity index (χ3n) is 8.10. The fourth-order valence-electron chi connectivity index (χ4n) is 6.06. The number of fused-ring (bicyclic) bond motifs is 1. The van der Waals surface area contributed by atoms with Crippen LogP contribution >= 0.6 is 11.9 Å². The van der Waals surface area contributed by atoms with Crippen molar-refractivity contribution in [2.45, 2.75) is 76.7 Å². The molecule has 0 bridgehead atoms. The van der Waals surface area contributed by atoms with E-state index in [0.29, 0.717) is 23.8 Å². The molecule has 0 saturated carbocycles. The first-order valence-corrected chi connectivity index (χ1v) is 15.6. The molecule has 1 unspecified atom stereocenters. The third kappa shape index (κ3) is 8.91. The second kappa shape index (κ2) is 14.0. The number of carboxylic acids is 1. The van der Waals surface area contributed by atoms with Gasteiger partial charge in [-0.15, -0.1) is 0 Å². The Morgan fingerprint density at radius 3 is 2.49 bits per heavy atom. The Hall–Kier alpha value is -2.67. The van der Waals surface area contributed by atoms with Crippen LogP contribution in [0.4, 0.5) is 4.39 Å². The van der Waals surface area contributed by atoms with Crippen LogP contribution in [-0.4, -0.2) is 41.1 Å². The molecular formula is C35H45FN2O2S. The van der Waals surface area contributed by atoms with Crippen molar-refractivity contribution >= 4 is 17.9 Å². The Bertz CT molecular complexity index is 1320. The van der Waals surface area contributed by atoms with Gasteiger partial charge in [0.15, 0.2) is 0 Å². The molecule has 4 rings (SSSR count). The van der Waals surface area contributed by atoms with Crippen LogP contribution in [0, 0.1) is 17.7 Å². The molecule has 3 aromatic rings. The van der Waals surface area contributed by atoms with Crippen LogP contribution in [0.25, 0.3) is 11.1 Å². The topological polar surface area (TPSA) is 52.6 Å². The number of rotatable bonds is 14. The summed E-state index contributed by atoms with van der Waals surface area (Å²) >= 11 is 1.74. The van der Waals surface area contributed by atoms with Crippen LogP contribution in [0.2, 0.25) is 0 Å². The number of nitrogens with zero attached hydrogens (tertiary/aromatic N) is 1. The smallest absolute Gasteiger partial charge is 0.303 e. The molecule has 2 N–H and O–H groups in total. The van der Waals surface area contributed by atoms with Crippen molar-refractivity contribution in [3.05, 3.63) is 88.7 Å². The summed E-state index contributed by atoms with van der Waals surface area (Å²) in [7, 11) is 2.14. The minimum Gasteiger partial charge on any atom is -0.481 e. The van der Waals surface area contributed by atoms with Crippen molar-refractivity contribution in [2.75, 3.05) is 20.1 Å². The van der Waals surface area contributed by atoms with Gasteiger partial charge in [-0.2, -0.15) is 0 Å². The van der Waals surface area contributed by atoms with Gasteiger partial charge in [-0.25, -0.2) is 8.70 Å². The highest BCUT2D eigenvalue weighted by Gasteiger charge is 2.28. The van der Waals surface area contributed by atoms with E-state index in [9.17, 15) is 9.18 Å². The van der Waals surface area contributed by atoms with Crippen molar-refractivity contribution in [3.63, 3.8) is 0 Å². The number of halogens is 1. The summed E-state index contributed by atoms with van der Waals surface area (Å²) in [6.45, 7) is 11.0. The van der Waals surface area contributed by atoms with E-state index in [0.717, 1.165) is 30.6 Å². The highest BCUT2D eigenvalue weighted by Crippen LogP contribution is 2.34. The molecule has 3 aromatic carbocycles. The molecule has 0 fully saturated rings. The zero-order chi connectivity index (χ0) is 29.6. The van der Waals surface area contributed by atoms with E-state index in [4.69, 9.17) is 5.11 Å². The standard InChI is InChI=1S/C35H45FN2O2S/c1-6-27-20-30(31-19-25(11-14-32(31)36)12-16-34(39)40)13-15-33(27)41-38(5)23-24(2)22-37-35(3,4)21-26-17-28-9-7-8-10-29(28)18-26/h7-11,13-15,19-20,24,26,37H,6,12,16-18,21-23H2,1-5H3,(H,39,40). The van der Waals surface area contributed by atoms with Crippen molar-refractivity contribution in [1.82, 2.24) is 9.62 Å². The maximum absolute atomic E-state index is 14.7. The summed E-state index contributed by atoms with van der Waals surface area (Å²) < 4.78 is 17.0. The molecule has 41 heavy (non-hydrogen) atoms. The predicted molar refractivity (Wildman–Crippen MR) is 169 cm³/mol. The monoisotopic (exact) mass is 576 g/mol. The van der Waals surface area contributed by atoms with Crippen LogP contribution in [-0.2, 0) is 30.5 Å². The first-order chi connectivity index (χ1) is 19.5. The van der Waals surface area contributed by atoms with Gasteiger partial charge in [0.1, 0.15) is 5.82 Å². The number of carboxylic acid groups (broad SMARTS) is 1. The van der Waals surface area contributed by atoms with E-state index >= 15 is 0 Å². The van der Waals surface area contributed by atoms with E-state index in [1.807, 2.05) is 6.07 Å². The zero-order valence-corrected chi connectivity index (χ0v) is 26.0. The van der Waals surface area contributed by atoms with E-state index in [1.54, 1.807) is 24.1 Å². The molecule has 0 radical (unpaired) electrons. The zero-order valence-electron chi connectivity index (χ0n) is 25.2. The third-order valence-corrected chi connectivity index (χ3v) is 9.15. The number of aryl methyl sites for hydroxylation is 2. The SMILES string of the molecule is CCc1cc(-c2cc(CCC(=O)O)ccc2F)ccc1SN(C)CC(C)CNC(C)(C)CC1Cc2ccccc2C1. The van der Waals surface area contributed by atoms with Crippen LogP contribution in [0.3, 0.4) is 0 Å².